The van der Waals surface area contributed by atoms with Gasteiger partial charge in [0.05, 0.1) is 11.7 Å². The summed E-state index contributed by atoms with van der Waals surface area (Å²) in [5.41, 5.74) is 2.22. The van der Waals surface area contributed by atoms with Crippen molar-refractivity contribution in [3.05, 3.63) is 35.4 Å². The molecule has 0 radical (unpaired) electrons. The Bertz CT molecular complexity index is 418. The van der Waals surface area contributed by atoms with Gasteiger partial charge in [-0.05, 0) is 45.2 Å². The van der Waals surface area contributed by atoms with Crippen molar-refractivity contribution < 1.29 is 9.84 Å². The zero-order valence-electron chi connectivity index (χ0n) is 12.9. The third-order valence-electron chi connectivity index (χ3n) is 4.41. The number of aliphatic hydroxyl groups excluding tert-OH is 1. The van der Waals surface area contributed by atoms with Gasteiger partial charge in [-0.15, -0.1) is 0 Å². The second-order valence-electron chi connectivity index (χ2n) is 6.25. The van der Waals surface area contributed by atoms with E-state index in [9.17, 15) is 5.11 Å². The molecular weight excluding hydrogens is 250 g/mol. The minimum atomic E-state index is -0.369. The summed E-state index contributed by atoms with van der Waals surface area (Å²) in [6.07, 6.45) is 2.71. The summed E-state index contributed by atoms with van der Waals surface area (Å²) in [6, 6.07) is 8.16. The first-order chi connectivity index (χ1) is 9.52. The van der Waals surface area contributed by atoms with Crippen LogP contribution in [0, 0.1) is 6.92 Å². The highest BCUT2D eigenvalue weighted by Gasteiger charge is 2.30. The van der Waals surface area contributed by atoms with Crippen LogP contribution in [0.1, 0.15) is 43.4 Å². The number of nitrogens with zero attached hydrogens (tertiary/aromatic N) is 1. The maximum Gasteiger partial charge on any atom is 0.0802 e. The van der Waals surface area contributed by atoms with Crippen molar-refractivity contribution in [3.63, 3.8) is 0 Å². The van der Waals surface area contributed by atoms with Crippen molar-refractivity contribution in [2.45, 2.75) is 44.8 Å². The van der Waals surface area contributed by atoms with E-state index in [0.717, 1.165) is 38.0 Å². The summed E-state index contributed by atoms with van der Waals surface area (Å²) in [6.45, 7) is 7.24. The summed E-state index contributed by atoms with van der Waals surface area (Å²) in [5.74, 6) is 0. The van der Waals surface area contributed by atoms with Gasteiger partial charge >= 0.3 is 0 Å². The molecule has 20 heavy (non-hydrogen) atoms. The Labute approximate surface area is 122 Å². The fourth-order valence-corrected chi connectivity index (χ4v) is 2.93. The van der Waals surface area contributed by atoms with Crippen LogP contribution < -0.4 is 0 Å². The largest absolute Gasteiger partial charge is 0.388 e. The lowest BCUT2D eigenvalue weighted by atomic mass is 9.94. The van der Waals surface area contributed by atoms with Crippen LogP contribution in [-0.2, 0) is 4.74 Å². The second-order valence-corrected chi connectivity index (χ2v) is 6.25. The average Bonchev–Trinajstić information content (AvgIpc) is 2.46. The Morgan fingerprint density at radius 1 is 1.35 bits per heavy atom. The fraction of sp³-hybridized carbons (Fsp3) is 0.647. The minimum Gasteiger partial charge on any atom is -0.388 e. The molecule has 0 aromatic heterocycles. The summed E-state index contributed by atoms with van der Waals surface area (Å²) in [4.78, 5) is 2.41. The minimum absolute atomic E-state index is 0.0208. The smallest absolute Gasteiger partial charge is 0.0802 e. The van der Waals surface area contributed by atoms with Crippen LogP contribution in [0.4, 0.5) is 0 Å². The molecule has 3 heteroatoms. The van der Waals surface area contributed by atoms with Gasteiger partial charge in [-0.3, -0.25) is 0 Å². The number of likely N-dealkylation sites (tertiary alicyclic amines) is 1. The van der Waals surface area contributed by atoms with Gasteiger partial charge in [-0.25, -0.2) is 0 Å². The van der Waals surface area contributed by atoms with Crippen LogP contribution in [0.25, 0.3) is 0 Å². The van der Waals surface area contributed by atoms with Gasteiger partial charge in [0.15, 0.2) is 0 Å². The number of hydrogen-bond donors (Lipinski definition) is 1. The molecule has 1 aliphatic heterocycles. The molecule has 0 aliphatic carbocycles. The van der Waals surface area contributed by atoms with Gasteiger partial charge in [0.2, 0.25) is 0 Å². The SMILES string of the molecule is COC1(C)CCCN(CCC(O)c2ccc(C)cc2)C1. The van der Waals surface area contributed by atoms with Crippen molar-refractivity contribution in [1.29, 1.82) is 0 Å². The van der Waals surface area contributed by atoms with E-state index in [-0.39, 0.29) is 11.7 Å². The molecule has 1 aromatic rings. The van der Waals surface area contributed by atoms with Crippen LogP contribution in [0.15, 0.2) is 24.3 Å². The van der Waals surface area contributed by atoms with Gasteiger partial charge in [-0.2, -0.15) is 0 Å². The predicted octanol–water partition coefficient (Wildman–Crippen LogP) is 2.92. The van der Waals surface area contributed by atoms with E-state index in [4.69, 9.17) is 4.74 Å². The zero-order chi connectivity index (χ0) is 14.6. The number of methoxy groups -OCH3 is 1. The number of rotatable bonds is 5. The Balaban J connectivity index is 1.84. The first kappa shape index (κ1) is 15.5. The summed E-state index contributed by atoms with van der Waals surface area (Å²) in [5, 5.41) is 10.3. The summed E-state index contributed by atoms with van der Waals surface area (Å²) >= 11 is 0. The molecule has 112 valence electrons. The second kappa shape index (κ2) is 6.70. The lowest BCUT2D eigenvalue weighted by molar-refractivity contribution is -0.0528. The fourth-order valence-electron chi connectivity index (χ4n) is 2.93. The van der Waals surface area contributed by atoms with E-state index in [1.807, 2.05) is 12.1 Å². The maximum atomic E-state index is 10.3. The van der Waals surface area contributed by atoms with E-state index in [1.165, 1.54) is 12.0 Å². The van der Waals surface area contributed by atoms with E-state index in [2.05, 4.69) is 30.9 Å². The number of hydrogen-bond acceptors (Lipinski definition) is 3. The molecule has 2 atom stereocenters. The Kier molecular flexibility index (Phi) is 5.19. The van der Waals surface area contributed by atoms with Crippen molar-refractivity contribution in [3.8, 4) is 0 Å². The highest BCUT2D eigenvalue weighted by molar-refractivity contribution is 5.23. The molecule has 2 rings (SSSR count). The van der Waals surface area contributed by atoms with Crippen molar-refractivity contribution >= 4 is 0 Å². The molecule has 2 unspecified atom stereocenters. The van der Waals surface area contributed by atoms with Gasteiger partial charge in [0.1, 0.15) is 0 Å². The number of aryl methyl sites for hydroxylation is 1. The summed E-state index contributed by atoms with van der Waals surface area (Å²) in [7, 11) is 1.80. The van der Waals surface area contributed by atoms with Crippen LogP contribution >= 0.6 is 0 Å². The highest BCUT2D eigenvalue weighted by atomic mass is 16.5. The van der Waals surface area contributed by atoms with E-state index < -0.39 is 0 Å². The van der Waals surface area contributed by atoms with Crippen molar-refractivity contribution in [1.82, 2.24) is 4.90 Å². The first-order valence-electron chi connectivity index (χ1n) is 7.54. The first-order valence-corrected chi connectivity index (χ1v) is 7.54. The monoisotopic (exact) mass is 277 g/mol. The lowest BCUT2D eigenvalue weighted by Crippen LogP contribution is -2.47. The predicted molar refractivity (Wildman–Crippen MR) is 81.8 cm³/mol. The van der Waals surface area contributed by atoms with Gasteiger partial charge in [0.25, 0.3) is 0 Å². The standard InChI is InChI=1S/C17H27NO2/c1-14-5-7-15(8-6-14)16(19)9-12-18-11-4-10-17(2,13-18)20-3/h5-8,16,19H,4,9-13H2,1-3H3. The molecule has 1 aromatic carbocycles. The number of ether oxygens (including phenoxy) is 1. The molecule has 0 spiro atoms. The Morgan fingerprint density at radius 3 is 2.70 bits per heavy atom. The molecule has 1 saturated heterocycles. The molecular formula is C17H27NO2. The molecule has 1 aliphatic rings. The molecule has 1 heterocycles. The quantitative estimate of drug-likeness (QED) is 0.898. The summed E-state index contributed by atoms with van der Waals surface area (Å²) < 4.78 is 5.61. The Morgan fingerprint density at radius 2 is 2.05 bits per heavy atom. The molecule has 1 fully saturated rings. The average molecular weight is 277 g/mol. The maximum absolute atomic E-state index is 10.3. The van der Waals surface area contributed by atoms with E-state index in [0.29, 0.717) is 0 Å². The van der Waals surface area contributed by atoms with Crippen LogP contribution in [0.5, 0.6) is 0 Å². The zero-order valence-corrected chi connectivity index (χ0v) is 12.9. The number of benzene rings is 1. The van der Waals surface area contributed by atoms with E-state index in [1.54, 1.807) is 7.11 Å². The van der Waals surface area contributed by atoms with Crippen LogP contribution in [0.2, 0.25) is 0 Å². The molecule has 3 nitrogen and oxygen atoms in total. The van der Waals surface area contributed by atoms with Crippen molar-refractivity contribution in [2.24, 2.45) is 0 Å². The van der Waals surface area contributed by atoms with Gasteiger partial charge < -0.3 is 14.7 Å². The molecule has 0 saturated carbocycles. The number of aliphatic hydroxyl groups is 1. The molecule has 0 amide bonds. The van der Waals surface area contributed by atoms with E-state index >= 15 is 0 Å². The van der Waals surface area contributed by atoms with Crippen LogP contribution in [0.3, 0.4) is 0 Å². The highest BCUT2D eigenvalue weighted by Crippen LogP contribution is 2.25. The van der Waals surface area contributed by atoms with Crippen molar-refractivity contribution in [2.75, 3.05) is 26.7 Å². The lowest BCUT2D eigenvalue weighted by Gasteiger charge is -2.39. The normalized spacial score (nSPS) is 25.6. The molecule has 0 bridgehead atoms. The van der Waals surface area contributed by atoms with Crippen LogP contribution in [-0.4, -0.2) is 42.4 Å². The Hall–Kier alpha value is -0.900. The van der Waals surface area contributed by atoms with Gasteiger partial charge in [0, 0.05) is 20.2 Å². The topological polar surface area (TPSA) is 32.7 Å². The van der Waals surface area contributed by atoms with Gasteiger partial charge in [-0.1, -0.05) is 29.8 Å². The number of piperidine rings is 1. The third-order valence-corrected chi connectivity index (χ3v) is 4.41. The third kappa shape index (κ3) is 4.05. The molecule has 1 N–H and O–H groups in total.